The average molecular weight is 446 g/mol. The molecule has 0 unspecified atom stereocenters. The minimum absolute atomic E-state index is 0.127. The maximum Gasteiger partial charge on any atom is 0.213 e. The number of hydrogen-bond donors (Lipinski definition) is 2. The Kier molecular flexibility index (Phi) is 4.70. The molecule has 160 valence electrons. The number of methoxy groups -OCH3 is 1. The van der Waals surface area contributed by atoms with Gasteiger partial charge < -0.3 is 14.9 Å². The van der Waals surface area contributed by atoms with E-state index in [1.165, 1.54) is 24.2 Å². The first-order valence-electron chi connectivity index (χ1n) is 10.3. The third kappa shape index (κ3) is 3.34. The minimum Gasteiger partial charge on any atom is -0.496 e. The molecule has 0 bridgehead atoms. The van der Waals surface area contributed by atoms with Crippen LogP contribution in [0.1, 0.15) is 50.2 Å². The second-order valence-corrected chi connectivity index (χ2v) is 11.5. The predicted octanol–water partition coefficient (Wildman–Crippen LogP) is 4.40. The number of hydrogen-bond acceptors (Lipinski definition) is 7. The number of fused-ring (bicyclic) bond motifs is 1. The highest BCUT2D eigenvalue weighted by atomic mass is 32.2. The minimum atomic E-state index is -1.00. The van der Waals surface area contributed by atoms with Gasteiger partial charge in [0.25, 0.3) is 0 Å². The third-order valence-corrected chi connectivity index (χ3v) is 8.97. The zero-order chi connectivity index (χ0) is 21.3. The fourth-order valence-electron chi connectivity index (χ4n) is 4.40. The first-order valence-corrected chi connectivity index (χ1v) is 12.0. The van der Waals surface area contributed by atoms with Gasteiger partial charge in [0.15, 0.2) is 0 Å². The summed E-state index contributed by atoms with van der Waals surface area (Å²) in [6, 6.07) is 6.22. The van der Waals surface area contributed by atoms with Crippen LogP contribution in [-0.2, 0) is 5.60 Å². The number of benzene rings is 1. The van der Waals surface area contributed by atoms with Gasteiger partial charge in [-0.2, -0.15) is 5.10 Å². The van der Waals surface area contributed by atoms with Crippen molar-refractivity contribution in [2.75, 3.05) is 7.11 Å². The number of nitrogens with zero attached hydrogens (tertiary/aromatic N) is 3. The van der Waals surface area contributed by atoms with Gasteiger partial charge in [0.1, 0.15) is 16.4 Å². The van der Waals surface area contributed by atoms with Crippen LogP contribution in [0.2, 0.25) is 0 Å². The van der Waals surface area contributed by atoms with Crippen molar-refractivity contribution < 1.29 is 14.9 Å². The Balaban J connectivity index is 1.56. The molecule has 2 aromatic heterocycles. The molecule has 2 aliphatic rings. The van der Waals surface area contributed by atoms with E-state index < -0.39 is 5.60 Å². The van der Waals surface area contributed by atoms with Crippen LogP contribution in [-0.4, -0.2) is 42.8 Å². The highest BCUT2D eigenvalue weighted by Crippen LogP contribution is 2.61. The lowest BCUT2D eigenvalue weighted by atomic mass is 9.78. The summed E-state index contributed by atoms with van der Waals surface area (Å²) in [6.07, 6.45) is 4.03. The molecule has 0 spiro atoms. The van der Waals surface area contributed by atoms with Gasteiger partial charge in [0.05, 0.1) is 29.5 Å². The molecule has 30 heavy (non-hydrogen) atoms. The molecule has 2 fully saturated rings. The molecule has 2 aliphatic carbocycles. The van der Waals surface area contributed by atoms with E-state index in [9.17, 15) is 10.2 Å². The van der Waals surface area contributed by atoms with Crippen molar-refractivity contribution in [1.29, 1.82) is 0 Å². The van der Waals surface area contributed by atoms with E-state index in [-0.39, 0.29) is 10.9 Å². The van der Waals surface area contributed by atoms with E-state index in [4.69, 9.17) is 4.74 Å². The fourth-order valence-corrected chi connectivity index (χ4v) is 7.17. The quantitative estimate of drug-likeness (QED) is 0.586. The first-order chi connectivity index (χ1) is 14.2. The Morgan fingerprint density at radius 2 is 2.03 bits per heavy atom. The number of aliphatic hydroxyl groups is 2. The maximum absolute atomic E-state index is 10.4. The van der Waals surface area contributed by atoms with E-state index in [0.29, 0.717) is 10.9 Å². The van der Waals surface area contributed by atoms with Crippen LogP contribution in [0.4, 0.5) is 0 Å². The molecule has 8 heteroatoms. The summed E-state index contributed by atoms with van der Waals surface area (Å²) in [5, 5.41) is 25.7. The van der Waals surface area contributed by atoms with Crippen LogP contribution >= 0.6 is 23.1 Å². The van der Waals surface area contributed by atoms with E-state index in [0.717, 1.165) is 45.4 Å². The molecule has 0 radical (unpaired) electrons. The highest BCUT2D eigenvalue weighted by molar-refractivity contribution is 8.00. The summed E-state index contributed by atoms with van der Waals surface area (Å²) < 4.78 is 7.64. The molecule has 2 N–H and O–H groups in total. The average Bonchev–Trinajstić information content (AvgIpc) is 3.34. The molecular weight excluding hydrogens is 418 g/mol. The summed E-state index contributed by atoms with van der Waals surface area (Å²) in [6.45, 7) is 5.47. The number of aliphatic hydroxyl groups excluding tert-OH is 1. The molecule has 0 saturated heterocycles. The van der Waals surface area contributed by atoms with Gasteiger partial charge in [-0.3, -0.25) is 0 Å². The number of aromatic nitrogens is 3. The summed E-state index contributed by atoms with van der Waals surface area (Å²) in [5.41, 5.74) is 1.88. The lowest BCUT2D eigenvalue weighted by Crippen LogP contribution is -2.46. The van der Waals surface area contributed by atoms with Crippen molar-refractivity contribution in [3.63, 3.8) is 0 Å². The second kappa shape index (κ2) is 6.95. The van der Waals surface area contributed by atoms with Gasteiger partial charge >= 0.3 is 0 Å². The van der Waals surface area contributed by atoms with Gasteiger partial charge in [-0.05, 0) is 70.6 Å². The third-order valence-electron chi connectivity index (χ3n) is 6.14. The zero-order valence-corrected chi connectivity index (χ0v) is 19.3. The molecule has 2 heterocycles. The SMILES string of the molecule is COc1ccc(-c2c(C)nc3sc(C(C)(C)O)nn23)cc1S[C@]1(C2CC2)C[C@H](O)C1. The maximum atomic E-state index is 10.4. The van der Waals surface area contributed by atoms with Crippen LogP contribution < -0.4 is 4.74 Å². The largest absolute Gasteiger partial charge is 0.496 e. The van der Waals surface area contributed by atoms with Crippen molar-refractivity contribution in [2.24, 2.45) is 5.92 Å². The molecule has 6 nitrogen and oxygen atoms in total. The highest BCUT2D eigenvalue weighted by Gasteiger charge is 2.54. The van der Waals surface area contributed by atoms with Gasteiger partial charge in [0.2, 0.25) is 4.96 Å². The Bertz CT molecular complexity index is 1100. The van der Waals surface area contributed by atoms with Crippen molar-refractivity contribution in [1.82, 2.24) is 14.6 Å². The number of ether oxygens (including phenoxy) is 1. The first kappa shape index (κ1) is 20.3. The molecule has 0 atom stereocenters. The molecule has 2 saturated carbocycles. The Morgan fingerprint density at radius 3 is 2.63 bits per heavy atom. The molecule has 1 aromatic carbocycles. The summed E-state index contributed by atoms with van der Waals surface area (Å²) in [4.78, 5) is 6.56. The topological polar surface area (TPSA) is 79.9 Å². The van der Waals surface area contributed by atoms with Crippen LogP contribution in [0.3, 0.4) is 0 Å². The van der Waals surface area contributed by atoms with E-state index in [2.05, 4.69) is 16.1 Å². The van der Waals surface area contributed by atoms with Gasteiger partial charge in [0, 0.05) is 10.3 Å². The number of imidazole rings is 1. The lowest BCUT2D eigenvalue weighted by Gasteiger charge is -2.45. The monoisotopic (exact) mass is 445 g/mol. The molecule has 0 aliphatic heterocycles. The second-order valence-electron chi connectivity index (χ2n) is 9.08. The molecule has 5 rings (SSSR count). The molecule has 3 aromatic rings. The zero-order valence-electron chi connectivity index (χ0n) is 17.7. The van der Waals surface area contributed by atoms with Crippen molar-refractivity contribution >= 4 is 28.1 Å². The van der Waals surface area contributed by atoms with Gasteiger partial charge in [-0.15, -0.1) is 11.8 Å². The Morgan fingerprint density at radius 1 is 1.30 bits per heavy atom. The van der Waals surface area contributed by atoms with Crippen LogP contribution in [0.25, 0.3) is 16.2 Å². The van der Waals surface area contributed by atoms with Crippen molar-refractivity contribution in [3.8, 4) is 17.0 Å². The molecule has 0 amide bonds. The summed E-state index contributed by atoms with van der Waals surface area (Å²) in [5.74, 6) is 1.55. The Labute approximate surface area is 184 Å². The fraction of sp³-hybridized carbons (Fsp3) is 0.545. The van der Waals surface area contributed by atoms with E-state index in [1.54, 1.807) is 21.0 Å². The van der Waals surface area contributed by atoms with Crippen LogP contribution in [0.5, 0.6) is 5.75 Å². The molecular formula is C22H27N3O3S2. The smallest absolute Gasteiger partial charge is 0.213 e. The van der Waals surface area contributed by atoms with E-state index >= 15 is 0 Å². The number of aryl methyl sites for hydroxylation is 1. The summed E-state index contributed by atoms with van der Waals surface area (Å²) in [7, 11) is 1.71. The van der Waals surface area contributed by atoms with Crippen LogP contribution in [0, 0.1) is 12.8 Å². The lowest BCUT2D eigenvalue weighted by molar-refractivity contribution is 0.0524. The van der Waals surface area contributed by atoms with Gasteiger partial charge in [-0.1, -0.05) is 11.3 Å². The predicted molar refractivity (Wildman–Crippen MR) is 119 cm³/mol. The van der Waals surface area contributed by atoms with E-state index in [1.807, 2.05) is 35.3 Å². The standard InChI is InChI=1S/C22H27N3O3S2/c1-12-18(25-20(23-12)29-19(24-25)21(2,3)27)13-5-8-16(28-4)17(9-13)30-22(14-6-7-14)10-15(26)11-22/h5,8-9,14-15,26-27H,6-7,10-11H2,1-4H3/t15-,22+. The normalized spacial score (nSPS) is 24.3. The Hall–Kier alpha value is -1.61. The van der Waals surface area contributed by atoms with Gasteiger partial charge in [-0.25, -0.2) is 9.50 Å². The van der Waals surface area contributed by atoms with Crippen molar-refractivity contribution in [3.05, 3.63) is 28.9 Å². The number of rotatable bonds is 6. The van der Waals surface area contributed by atoms with Crippen LogP contribution in [0.15, 0.2) is 23.1 Å². The van der Waals surface area contributed by atoms with Crippen molar-refractivity contribution in [2.45, 2.75) is 67.8 Å². The summed E-state index contributed by atoms with van der Waals surface area (Å²) >= 11 is 3.28. The number of thioether (sulfide) groups is 1.